The first kappa shape index (κ1) is 13.3. The second-order valence-electron chi connectivity index (χ2n) is 4.84. The Balaban J connectivity index is 1.86. The molecule has 0 bridgehead atoms. The van der Waals surface area contributed by atoms with Crippen LogP contribution in [0.5, 0.6) is 11.5 Å². The average molecular weight is 297 g/mol. The Kier molecular flexibility index (Phi) is 3.15. The lowest BCUT2D eigenvalue weighted by Gasteiger charge is -2.11. The van der Waals surface area contributed by atoms with E-state index in [0.29, 0.717) is 17.4 Å². The molecule has 1 aliphatic rings. The lowest BCUT2D eigenvalue weighted by molar-refractivity contribution is 0.329. The molecule has 1 aliphatic heterocycles. The predicted molar refractivity (Wildman–Crippen MR) is 71.2 cm³/mol. The van der Waals surface area contributed by atoms with Gasteiger partial charge in [-0.05, 0) is 31.2 Å². The summed E-state index contributed by atoms with van der Waals surface area (Å²) in [6.07, 6.45) is 0. The second kappa shape index (κ2) is 4.72. The van der Waals surface area contributed by atoms with Gasteiger partial charge in [0, 0.05) is 11.6 Å². The Morgan fingerprint density at radius 2 is 1.95 bits per heavy atom. The molecular weight excluding hydrogens is 286 g/mol. The van der Waals surface area contributed by atoms with E-state index in [4.69, 9.17) is 21.1 Å². The van der Waals surface area contributed by atoms with Crippen molar-refractivity contribution in [2.75, 3.05) is 6.61 Å². The summed E-state index contributed by atoms with van der Waals surface area (Å²) < 4.78 is 37.0. The molecule has 0 N–H and O–H groups in total. The Bertz CT molecular complexity index is 669. The van der Waals surface area contributed by atoms with Crippen LogP contribution in [0.3, 0.4) is 0 Å². The van der Waals surface area contributed by atoms with Crippen molar-refractivity contribution in [3.63, 3.8) is 0 Å². The zero-order chi connectivity index (χ0) is 14.3. The molecule has 1 saturated heterocycles. The lowest BCUT2D eigenvalue weighted by atomic mass is 10.0. The van der Waals surface area contributed by atoms with Gasteiger partial charge in [-0.25, -0.2) is 8.78 Å². The van der Waals surface area contributed by atoms with E-state index < -0.39 is 11.6 Å². The summed E-state index contributed by atoms with van der Waals surface area (Å²) in [5.41, 5.74) is 0.530. The van der Waals surface area contributed by atoms with Gasteiger partial charge in [-0.15, -0.1) is 0 Å². The zero-order valence-electron chi connectivity index (χ0n) is 10.6. The smallest absolute Gasteiger partial charge is 0.168 e. The topological polar surface area (TPSA) is 21.8 Å². The first-order chi connectivity index (χ1) is 9.48. The van der Waals surface area contributed by atoms with Crippen LogP contribution in [0.4, 0.5) is 8.78 Å². The largest absolute Gasteiger partial charge is 0.454 e. The van der Waals surface area contributed by atoms with Crippen molar-refractivity contribution in [2.24, 2.45) is 0 Å². The van der Waals surface area contributed by atoms with Crippen molar-refractivity contribution in [2.45, 2.75) is 12.5 Å². The van der Waals surface area contributed by atoms with E-state index in [1.165, 1.54) is 6.07 Å². The molecule has 0 saturated carbocycles. The Labute approximate surface area is 119 Å². The number of halogens is 3. The van der Waals surface area contributed by atoms with Gasteiger partial charge in [0.15, 0.2) is 11.6 Å². The highest BCUT2D eigenvalue weighted by atomic mass is 35.5. The molecule has 0 amide bonds. The molecular formula is C15H11ClF2O2. The van der Waals surface area contributed by atoms with E-state index in [2.05, 4.69) is 0 Å². The molecule has 0 spiro atoms. The maximum atomic E-state index is 13.5. The number of hydrogen-bond donors (Lipinski definition) is 0. The van der Waals surface area contributed by atoms with Crippen molar-refractivity contribution in [1.82, 2.24) is 0 Å². The molecule has 3 rings (SSSR count). The molecule has 0 aromatic heterocycles. The monoisotopic (exact) mass is 296 g/mol. The Morgan fingerprint density at radius 3 is 2.55 bits per heavy atom. The third-order valence-corrected chi connectivity index (χ3v) is 3.52. The van der Waals surface area contributed by atoms with E-state index in [0.717, 1.165) is 17.7 Å². The number of ether oxygens (including phenoxy) is 2. The van der Waals surface area contributed by atoms with Crippen LogP contribution in [0.1, 0.15) is 12.5 Å². The van der Waals surface area contributed by atoms with Crippen LogP contribution in [0.15, 0.2) is 36.4 Å². The number of hydrogen-bond acceptors (Lipinski definition) is 2. The molecule has 2 aromatic carbocycles. The highest BCUT2D eigenvalue weighted by Crippen LogP contribution is 2.42. The molecule has 0 aliphatic carbocycles. The molecule has 5 heteroatoms. The molecule has 1 unspecified atom stereocenters. The Hall–Kier alpha value is -1.65. The molecule has 104 valence electrons. The summed E-state index contributed by atoms with van der Waals surface area (Å²) >= 11 is 6.17. The van der Waals surface area contributed by atoms with Gasteiger partial charge in [0.1, 0.15) is 17.2 Å². The molecule has 2 nitrogen and oxygen atoms in total. The van der Waals surface area contributed by atoms with Crippen LogP contribution in [-0.4, -0.2) is 6.61 Å². The van der Waals surface area contributed by atoms with Crippen molar-refractivity contribution < 1.29 is 18.3 Å². The summed E-state index contributed by atoms with van der Waals surface area (Å²) in [6.45, 7) is 2.56. The van der Waals surface area contributed by atoms with Gasteiger partial charge in [0.05, 0.1) is 11.6 Å². The third-order valence-electron chi connectivity index (χ3n) is 3.21. The molecule has 1 fully saturated rings. The van der Waals surface area contributed by atoms with Crippen molar-refractivity contribution in [3.05, 3.63) is 58.6 Å². The van der Waals surface area contributed by atoms with E-state index in [1.807, 2.05) is 6.92 Å². The van der Waals surface area contributed by atoms with Gasteiger partial charge in [-0.1, -0.05) is 17.7 Å². The van der Waals surface area contributed by atoms with E-state index >= 15 is 0 Å². The highest BCUT2D eigenvalue weighted by molar-refractivity contribution is 6.31. The number of benzene rings is 2. The predicted octanol–water partition coefficient (Wildman–Crippen LogP) is 4.66. The van der Waals surface area contributed by atoms with Gasteiger partial charge >= 0.3 is 0 Å². The van der Waals surface area contributed by atoms with Crippen molar-refractivity contribution in [3.8, 4) is 11.5 Å². The molecule has 2 aromatic rings. The van der Waals surface area contributed by atoms with Crippen molar-refractivity contribution >= 4 is 11.6 Å². The van der Waals surface area contributed by atoms with Crippen LogP contribution in [0, 0.1) is 11.6 Å². The first-order valence-corrected chi connectivity index (χ1v) is 6.43. The minimum atomic E-state index is -0.761. The van der Waals surface area contributed by atoms with Crippen LogP contribution >= 0.6 is 11.6 Å². The summed E-state index contributed by atoms with van der Waals surface area (Å²) in [4.78, 5) is 0. The molecule has 0 radical (unpaired) electrons. The molecule has 1 atom stereocenters. The minimum Gasteiger partial charge on any atom is -0.454 e. The maximum Gasteiger partial charge on any atom is 0.168 e. The first-order valence-electron chi connectivity index (χ1n) is 6.05. The SMILES string of the molecule is CC1(c2ccc(Oc3ccc(F)cc3F)cc2Cl)CO1. The van der Waals surface area contributed by atoms with E-state index in [-0.39, 0.29) is 11.4 Å². The fourth-order valence-electron chi connectivity index (χ4n) is 1.94. The summed E-state index contributed by atoms with van der Waals surface area (Å²) in [7, 11) is 0. The fraction of sp³-hybridized carbons (Fsp3) is 0.200. The van der Waals surface area contributed by atoms with Gasteiger partial charge in [0.2, 0.25) is 0 Å². The minimum absolute atomic E-state index is 0.0518. The number of epoxide rings is 1. The van der Waals surface area contributed by atoms with Crippen LogP contribution < -0.4 is 4.74 Å². The van der Waals surface area contributed by atoms with Crippen molar-refractivity contribution in [1.29, 1.82) is 0 Å². The van der Waals surface area contributed by atoms with Crippen LogP contribution in [0.25, 0.3) is 0 Å². The quantitative estimate of drug-likeness (QED) is 0.769. The lowest BCUT2D eigenvalue weighted by Crippen LogP contribution is -2.02. The zero-order valence-corrected chi connectivity index (χ0v) is 11.4. The Morgan fingerprint density at radius 1 is 1.20 bits per heavy atom. The van der Waals surface area contributed by atoms with Crippen LogP contribution in [0.2, 0.25) is 5.02 Å². The molecule has 1 heterocycles. The standard InChI is InChI=1S/C15H11ClF2O2/c1-15(8-19-15)11-4-3-10(7-12(11)16)20-14-5-2-9(17)6-13(14)18/h2-7H,8H2,1H3. The van der Waals surface area contributed by atoms with Gasteiger partial charge in [-0.3, -0.25) is 0 Å². The van der Waals surface area contributed by atoms with Gasteiger partial charge < -0.3 is 9.47 Å². The number of rotatable bonds is 3. The summed E-state index contributed by atoms with van der Waals surface area (Å²) in [5, 5.41) is 0.491. The normalized spacial score (nSPS) is 20.8. The highest BCUT2D eigenvalue weighted by Gasteiger charge is 2.42. The fourth-order valence-corrected chi connectivity index (χ4v) is 2.31. The average Bonchev–Trinajstić information content (AvgIpc) is 3.12. The van der Waals surface area contributed by atoms with Crippen LogP contribution in [-0.2, 0) is 10.3 Å². The van der Waals surface area contributed by atoms with E-state index in [9.17, 15) is 8.78 Å². The summed E-state index contributed by atoms with van der Waals surface area (Å²) in [6, 6.07) is 8.19. The molecule has 20 heavy (non-hydrogen) atoms. The second-order valence-corrected chi connectivity index (χ2v) is 5.25. The maximum absolute atomic E-state index is 13.5. The third kappa shape index (κ3) is 2.49. The van der Waals surface area contributed by atoms with E-state index in [1.54, 1.807) is 18.2 Å². The van der Waals surface area contributed by atoms with Gasteiger partial charge in [-0.2, -0.15) is 0 Å². The van der Waals surface area contributed by atoms with Gasteiger partial charge in [0.25, 0.3) is 0 Å². The summed E-state index contributed by atoms with van der Waals surface area (Å²) in [5.74, 6) is -1.08.